The summed E-state index contributed by atoms with van der Waals surface area (Å²) in [5.41, 5.74) is 1.26. The minimum absolute atomic E-state index is 1.04. The molecule has 1 aromatic carbocycles. The van der Waals surface area contributed by atoms with Gasteiger partial charge < -0.3 is 0 Å². The Bertz CT molecular complexity index is 485. The molecule has 102 valence electrons. The van der Waals surface area contributed by atoms with Crippen molar-refractivity contribution in [1.82, 2.24) is 4.57 Å². The Morgan fingerprint density at radius 2 is 1.79 bits per heavy atom. The van der Waals surface area contributed by atoms with E-state index in [2.05, 4.69) is 65.7 Å². The topological polar surface area (TPSA) is 8.81 Å². The number of benzene rings is 1. The lowest BCUT2D eigenvalue weighted by molar-refractivity contribution is -0.700. The Balaban J connectivity index is 2.17. The standard InChI is InChI=1S/C17H25N2/c1-3-5-6-10-13-17-18(4-2)14-15-19(17)16-11-8-7-9-12-16/h7-9,11-12,14-15H,3-6,10,13H2,1-2H3/q+1. The smallest absolute Gasteiger partial charge is 0.234 e. The van der Waals surface area contributed by atoms with Crippen molar-refractivity contribution in [3.63, 3.8) is 0 Å². The van der Waals surface area contributed by atoms with Crippen molar-refractivity contribution in [2.75, 3.05) is 0 Å². The largest absolute Gasteiger partial charge is 0.261 e. The van der Waals surface area contributed by atoms with Crippen LogP contribution in [0.4, 0.5) is 0 Å². The zero-order valence-electron chi connectivity index (χ0n) is 12.2. The van der Waals surface area contributed by atoms with Crippen molar-refractivity contribution in [2.24, 2.45) is 0 Å². The third-order valence-electron chi connectivity index (χ3n) is 3.63. The molecule has 1 aromatic heterocycles. The van der Waals surface area contributed by atoms with Gasteiger partial charge in [0.1, 0.15) is 18.1 Å². The molecule has 0 bridgehead atoms. The summed E-state index contributed by atoms with van der Waals surface area (Å²) in [6, 6.07) is 10.6. The summed E-state index contributed by atoms with van der Waals surface area (Å²) in [6.45, 7) is 5.52. The van der Waals surface area contributed by atoms with Crippen molar-refractivity contribution in [1.29, 1.82) is 0 Å². The maximum absolute atomic E-state index is 2.36. The number of aryl methyl sites for hydroxylation is 1. The van der Waals surface area contributed by atoms with Gasteiger partial charge in [0.25, 0.3) is 5.82 Å². The quantitative estimate of drug-likeness (QED) is 0.525. The van der Waals surface area contributed by atoms with Gasteiger partial charge in [-0.1, -0.05) is 44.4 Å². The zero-order valence-corrected chi connectivity index (χ0v) is 12.2. The molecule has 2 heteroatoms. The van der Waals surface area contributed by atoms with Crippen LogP contribution in [0.5, 0.6) is 0 Å². The van der Waals surface area contributed by atoms with Crippen LogP contribution < -0.4 is 4.57 Å². The van der Waals surface area contributed by atoms with Crippen LogP contribution in [-0.2, 0) is 13.0 Å². The fourth-order valence-corrected chi connectivity index (χ4v) is 2.54. The molecule has 0 aliphatic heterocycles. The van der Waals surface area contributed by atoms with Crippen molar-refractivity contribution in [3.8, 4) is 5.69 Å². The molecule has 0 aliphatic rings. The average molecular weight is 257 g/mol. The van der Waals surface area contributed by atoms with E-state index in [4.69, 9.17) is 0 Å². The third-order valence-corrected chi connectivity index (χ3v) is 3.63. The molecule has 0 saturated carbocycles. The second-order valence-corrected chi connectivity index (χ2v) is 5.02. The molecule has 2 nitrogen and oxygen atoms in total. The molecule has 0 atom stereocenters. The van der Waals surface area contributed by atoms with Crippen molar-refractivity contribution < 1.29 is 4.57 Å². The van der Waals surface area contributed by atoms with Crippen LogP contribution in [-0.4, -0.2) is 4.57 Å². The van der Waals surface area contributed by atoms with E-state index in [0.29, 0.717) is 0 Å². The van der Waals surface area contributed by atoms with E-state index >= 15 is 0 Å². The van der Waals surface area contributed by atoms with Gasteiger partial charge in [0.05, 0.1) is 6.54 Å². The summed E-state index contributed by atoms with van der Waals surface area (Å²) in [6.07, 6.45) is 10.8. The van der Waals surface area contributed by atoms with Gasteiger partial charge in [0, 0.05) is 6.42 Å². The summed E-state index contributed by atoms with van der Waals surface area (Å²) in [5, 5.41) is 0. The van der Waals surface area contributed by atoms with Crippen LogP contribution in [0, 0.1) is 0 Å². The van der Waals surface area contributed by atoms with Gasteiger partial charge in [-0.25, -0.2) is 4.57 Å². The SMILES string of the molecule is CCCCCCc1n(-c2ccccc2)cc[n+]1CC. The number of para-hydroxylation sites is 1. The van der Waals surface area contributed by atoms with Crippen LogP contribution >= 0.6 is 0 Å². The Labute approximate surface area is 116 Å². The monoisotopic (exact) mass is 257 g/mol. The van der Waals surface area contributed by atoms with E-state index in [-0.39, 0.29) is 0 Å². The minimum Gasteiger partial charge on any atom is -0.234 e. The number of nitrogens with zero attached hydrogens (tertiary/aromatic N) is 2. The molecular weight excluding hydrogens is 232 g/mol. The van der Waals surface area contributed by atoms with Crippen molar-refractivity contribution in [3.05, 3.63) is 48.5 Å². The Kier molecular flexibility index (Phi) is 5.20. The molecule has 0 saturated heterocycles. The number of rotatable bonds is 7. The molecule has 0 aliphatic carbocycles. The molecule has 0 unspecified atom stereocenters. The lowest BCUT2D eigenvalue weighted by atomic mass is 10.1. The Morgan fingerprint density at radius 3 is 2.47 bits per heavy atom. The van der Waals surface area contributed by atoms with Crippen LogP contribution in [0.25, 0.3) is 5.69 Å². The number of hydrogen-bond acceptors (Lipinski definition) is 0. The van der Waals surface area contributed by atoms with Gasteiger partial charge in [0.15, 0.2) is 0 Å². The van der Waals surface area contributed by atoms with E-state index in [1.807, 2.05) is 0 Å². The van der Waals surface area contributed by atoms with Crippen molar-refractivity contribution >= 4 is 0 Å². The number of aromatic nitrogens is 2. The summed E-state index contributed by atoms with van der Waals surface area (Å²) in [5.74, 6) is 1.42. The molecule has 1 heterocycles. The highest BCUT2D eigenvalue weighted by Crippen LogP contribution is 2.12. The van der Waals surface area contributed by atoms with Gasteiger partial charge in [-0.15, -0.1) is 0 Å². The predicted molar refractivity (Wildman–Crippen MR) is 79.5 cm³/mol. The third kappa shape index (κ3) is 3.46. The molecule has 0 radical (unpaired) electrons. The molecule has 0 spiro atoms. The van der Waals surface area contributed by atoms with Gasteiger partial charge in [-0.3, -0.25) is 0 Å². The van der Waals surface area contributed by atoms with Crippen LogP contribution in [0.1, 0.15) is 45.4 Å². The Hall–Kier alpha value is -1.57. The first-order chi connectivity index (χ1) is 9.36. The van der Waals surface area contributed by atoms with Crippen LogP contribution in [0.2, 0.25) is 0 Å². The second kappa shape index (κ2) is 7.13. The molecular formula is C17H25N2+. The minimum atomic E-state index is 1.04. The van der Waals surface area contributed by atoms with Gasteiger partial charge >= 0.3 is 0 Å². The lowest BCUT2D eigenvalue weighted by Gasteiger charge is -2.04. The Morgan fingerprint density at radius 1 is 1.00 bits per heavy atom. The highest BCUT2D eigenvalue weighted by atomic mass is 15.1. The van der Waals surface area contributed by atoms with E-state index in [1.54, 1.807) is 0 Å². The highest BCUT2D eigenvalue weighted by Gasteiger charge is 2.16. The first kappa shape index (κ1) is 13.9. The number of imidazole rings is 1. The summed E-state index contributed by atoms with van der Waals surface area (Å²) >= 11 is 0. The zero-order chi connectivity index (χ0) is 13.5. The first-order valence-corrected chi connectivity index (χ1v) is 7.52. The van der Waals surface area contributed by atoms with E-state index in [1.165, 1.54) is 37.2 Å². The average Bonchev–Trinajstić information content (AvgIpc) is 2.87. The molecule has 0 N–H and O–H groups in total. The van der Waals surface area contributed by atoms with Crippen molar-refractivity contribution in [2.45, 2.75) is 52.5 Å². The summed E-state index contributed by atoms with van der Waals surface area (Å²) in [7, 11) is 0. The van der Waals surface area contributed by atoms with E-state index in [0.717, 1.165) is 13.0 Å². The van der Waals surface area contributed by atoms with E-state index < -0.39 is 0 Å². The molecule has 2 aromatic rings. The normalized spacial score (nSPS) is 10.8. The first-order valence-electron chi connectivity index (χ1n) is 7.52. The molecule has 0 amide bonds. The summed E-state index contributed by atoms with van der Waals surface area (Å²) < 4.78 is 4.69. The molecule has 2 rings (SSSR count). The second-order valence-electron chi connectivity index (χ2n) is 5.02. The maximum atomic E-state index is 2.36. The van der Waals surface area contributed by atoms with Crippen LogP contribution in [0.15, 0.2) is 42.7 Å². The number of hydrogen-bond donors (Lipinski definition) is 0. The maximum Gasteiger partial charge on any atom is 0.261 e. The summed E-state index contributed by atoms with van der Waals surface area (Å²) in [4.78, 5) is 0. The van der Waals surface area contributed by atoms with E-state index in [9.17, 15) is 0 Å². The molecule has 0 fully saturated rings. The lowest BCUT2D eigenvalue weighted by Crippen LogP contribution is -2.35. The molecule has 19 heavy (non-hydrogen) atoms. The van der Waals surface area contributed by atoms with Gasteiger partial charge in [0.2, 0.25) is 0 Å². The predicted octanol–water partition coefficient (Wildman–Crippen LogP) is 3.91. The van der Waals surface area contributed by atoms with Gasteiger partial charge in [-0.2, -0.15) is 4.57 Å². The fourth-order valence-electron chi connectivity index (χ4n) is 2.54. The fraction of sp³-hybridized carbons (Fsp3) is 0.471. The van der Waals surface area contributed by atoms with Crippen LogP contribution in [0.3, 0.4) is 0 Å². The van der Waals surface area contributed by atoms with Gasteiger partial charge in [-0.05, 0) is 25.5 Å². The highest BCUT2D eigenvalue weighted by molar-refractivity contribution is 5.31. The number of unbranched alkanes of at least 4 members (excludes halogenated alkanes) is 3.